The second-order valence-electron chi connectivity index (χ2n) is 3.69. The maximum atomic E-state index is 12.5. The van der Waals surface area contributed by atoms with Gasteiger partial charge in [-0.3, -0.25) is 0 Å². The van der Waals surface area contributed by atoms with E-state index in [2.05, 4.69) is 5.32 Å². The van der Waals surface area contributed by atoms with Crippen LogP contribution in [0.15, 0.2) is 0 Å². The van der Waals surface area contributed by atoms with E-state index in [1.807, 2.05) is 0 Å². The first kappa shape index (κ1) is 10.9. The molecule has 1 fully saturated rings. The first-order valence-corrected chi connectivity index (χ1v) is 4.77. The Morgan fingerprint density at radius 1 is 1.38 bits per heavy atom. The van der Waals surface area contributed by atoms with E-state index >= 15 is 0 Å². The number of hydrogen-bond acceptors (Lipinski definition) is 2. The van der Waals surface area contributed by atoms with Gasteiger partial charge in [0.15, 0.2) is 0 Å². The Bertz CT molecular complexity index is 139. The number of alkyl halides is 2. The minimum atomic E-state index is -2.60. The minimum Gasteiger partial charge on any atom is -0.381 e. The van der Waals surface area contributed by atoms with Crippen molar-refractivity contribution in [3.8, 4) is 0 Å². The van der Waals surface area contributed by atoms with Crippen LogP contribution in [0.1, 0.15) is 26.2 Å². The topological polar surface area (TPSA) is 21.3 Å². The summed E-state index contributed by atoms with van der Waals surface area (Å²) in [6, 6.07) is 0.202. The second-order valence-corrected chi connectivity index (χ2v) is 3.69. The van der Waals surface area contributed by atoms with Crippen molar-refractivity contribution in [1.29, 1.82) is 0 Å². The Labute approximate surface area is 77.6 Å². The lowest BCUT2D eigenvalue weighted by Gasteiger charge is -2.18. The van der Waals surface area contributed by atoms with E-state index in [1.165, 1.54) is 0 Å². The minimum absolute atomic E-state index is 0.202. The van der Waals surface area contributed by atoms with Gasteiger partial charge >= 0.3 is 0 Å². The number of rotatable bonds is 3. The first-order valence-electron chi connectivity index (χ1n) is 4.77. The van der Waals surface area contributed by atoms with Gasteiger partial charge in [-0.15, -0.1) is 0 Å². The molecular weight excluding hydrogens is 176 g/mol. The smallest absolute Gasteiger partial charge is 0.257 e. The molecule has 0 radical (unpaired) electrons. The van der Waals surface area contributed by atoms with Crippen molar-refractivity contribution < 1.29 is 13.5 Å². The lowest BCUT2D eigenvalue weighted by atomic mass is 10.1. The van der Waals surface area contributed by atoms with Crippen LogP contribution in [-0.2, 0) is 4.74 Å². The SMILES string of the molecule is CC(F)(F)CNC1CCCOCC1. The fourth-order valence-corrected chi connectivity index (χ4v) is 1.43. The standard InChI is InChI=1S/C9H17F2NO/c1-9(10,11)7-12-8-3-2-5-13-6-4-8/h8,12H,2-7H2,1H3. The predicted octanol–water partition coefficient (Wildman–Crippen LogP) is 1.80. The highest BCUT2D eigenvalue weighted by molar-refractivity contribution is 4.72. The molecule has 0 aromatic rings. The third-order valence-electron chi connectivity index (χ3n) is 2.15. The molecular formula is C9H17F2NO. The molecule has 1 aliphatic heterocycles. The molecule has 0 bridgehead atoms. The number of halogens is 2. The fourth-order valence-electron chi connectivity index (χ4n) is 1.43. The van der Waals surface area contributed by atoms with Gasteiger partial charge in [-0.05, 0) is 19.3 Å². The van der Waals surface area contributed by atoms with E-state index in [4.69, 9.17) is 4.74 Å². The number of ether oxygens (including phenoxy) is 1. The van der Waals surface area contributed by atoms with Crippen LogP contribution in [0.3, 0.4) is 0 Å². The zero-order valence-electron chi connectivity index (χ0n) is 7.98. The maximum Gasteiger partial charge on any atom is 0.257 e. The lowest BCUT2D eigenvalue weighted by Crippen LogP contribution is -2.37. The van der Waals surface area contributed by atoms with Crippen LogP contribution in [0.4, 0.5) is 8.78 Å². The van der Waals surface area contributed by atoms with E-state index in [9.17, 15) is 8.78 Å². The summed E-state index contributed by atoms with van der Waals surface area (Å²) in [5.74, 6) is -2.60. The molecule has 4 heteroatoms. The number of nitrogens with one attached hydrogen (secondary N) is 1. The van der Waals surface area contributed by atoms with E-state index in [0.717, 1.165) is 32.8 Å². The van der Waals surface area contributed by atoms with Crippen molar-refractivity contribution in [2.75, 3.05) is 19.8 Å². The predicted molar refractivity (Wildman–Crippen MR) is 47.1 cm³/mol. The summed E-state index contributed by atoms with van der Waals surface area (Å²) >= 11 is 0. The normalized spacial score (nSPS) is 25.6. The van der Waals surface area contributed by atoms with Gasteiger partial charge in [0.25, 0.3) is 5.92 Å². The highest BCUT2D eigenvalue weighted by Gasteiger charge is 2.22. The Balaban J connectivity index is 2.19. The van der Waals surface area contributed by atoms with Gasteiger partial charge in [0, 0.05) is 26.2 Å². The van der Waals surface area contributed by atoms with E-state index in [-0.39, 0.29) is 12.6 Å². The van der Waals surface area contributed by atoms with Crippen molar-refractivity contribution in [2.45, 2.75) is 38.2 Å². The maximum absolute atomic E-state index is 12.5. The van der Waals surface area contributed by atoms with Gasteiger partial charge in [0.05, 0.1) is 6.54 Å². The van der Waals surface area contributed by atoms with Gasteiger partial charge in [0.2, 0.25) is 0 Å². The summed E-state index contributed by atoms with van der Waals surface area (Å²) < 4.78 is 30.2. The van der Waals surface area contributed by atoms with Crippen LogP contribution in [0.5, 0.6) is 0 Å². The van der Waals surface area contributed by atoms with Crippen molar-refractivity contribution in [2.24, 2.45) is 0 Å². The quantitative estimate of drug-likeness (QED) is 0.738. The summed E-state index contributed by atoms with van der Waals surface area (Å²) in [5, 5.41) is 2.87. The van der Waals surface area contributed by atoms with E-state index in [1.54, 1.807) is 0 Å². The molecule has 1 unspecified atom stereocenters. The van der Waals surface area contributed by atoms with Gasteiger partial charge in [-0.2, -0.15) is 0 Å². The molecule has 1 saturated heterocycles. The number of hydrogen-bond donors (Lipinski definition) is 1. The summed E-state index contributed by atoms with van der Waals surface area (Å²) in [6.45, 7) is 2.17. The van der Waals surface area contributed by atoms with Crippen LogP contribution >= 0.6 is 0 Å². The summed E-state index contributed by atoms with van der Waals surface area (Å²) in [6.07, 6.45) is 2.75. The molecule has 1 rings (SSSR count). The fraction of sp³-hybridized carbons (Fsp3) is 1.00. The Morgan fingerprint density at radius 2 is 2.15 bits per heavy atom. The molecule has 1 atom stereocenters. The Hall–Kier alpha value is -0.220. The van der Waals surface area contributed by atoms with Gasteiger partial charge in [-0.1, -0.05) is 0 Å². The largest absolute Gasteiger partial charge is 0.381 e. The van der Waals surface area contributed by atoms with Crippen molar-refractivity contribution >= 4 is 0 Å². The van der Waals surface area contributed by atoms with E-state index in [0.29, 0.717) is 6.61 Å². The van der Waals surface area contributed by atoms with Crippen molar-refractivity contribution in [3.63, 3.8) is 0 Å². The molecule has 13 heavy (non-hydrogen) atoms. The first-order chi connectivity index (χ1) is 6.08. The third kappa shape index (κ3) is 5.16. The second kappa shape index (κ2) is 4.86. The van der Waals surface area contributed by atoms with Gasteiger partial charge in [0.1, 0.15) is 0 Å². The Morgan fingerprint density at radius 3 is 2.85 bits per heavy atom. The van der Waals surface area contributed by atoms with Crippen LogP contribution in [-0.4, -0.2) is 31.7 Å². The zero-order chi connectivity index (χ0) is 9.73. The molecule has 1 N–H and O–H groups in total. The highest BCUT2D eigenvalue weighted by atomic mass is 19.3. The monoisotopic (exact) mass is 193 g/mol. The average Bonchev–Trinajstić information content (AvgIpc) is 2.26. The summed E-state index contributed by atoms with van der Waals surface area (Å²) in [7, 11) is 0. The molecule has 0 spiro atoms. The molecule has 78 valence electrons. The van der Waals surface area contributed by atoms with Crippen molar-refractivity contribution in [3.05, 3.63) is 0 Å². The van der Waals surface area contributed by atoms with Gasteiger partial charge < -0.3 is 10.1 Å². The zero-order valence-corrected chi connectivity index (χ0v) is 7.98. The highest BCUT2D eigenvalue weighted by Crippen LogP contribution is 2.12. The molecule has 0 saturated carbocycles. The third-order valence-corrected chi connectivity index (χ3v) is 2.15. The molecule has 1 aliphatic rings. The van der Waals surface area contributed by atoms with Crippen molar-refractivity contribution in [1.82, 2.24) is 5.32 Å². The molecule has 2 nitrogen and oxygen atoms in total. The van der Waals surface area contributed by atoms with Crippen LogP contribution in [0.2, 0.25) is 0 Å². The molecule has 0 aromatic heterocycles. The van der Waals surface area contributed by atoms with Crippen LogP contribution in [0, 0.1) is 0 Å². The molecule has 0 amide bonds. The average molecular weight is 193 g/mol. The Kier molecular flexibility index (Phi) is 4.06. The molecule has 1 heterocycles. The lowest BCUT2D eigenvalue weighted by molar-refractivity contribution is 0.0192. The summed E-state index contributed by atoms with van der Waals surface area (Å²) in [4.78, 5) is 0. The van der Waals surface area contributed by atoms with Crippen LogP contribution < -0.4 is 5.32 Å². The summed E-state index contributed by atoms with van der Waals surface area (Å²) in [5.41, 5.74) is 0. The van der Waals surface area contributed by atoms with E-state index < -0.39 is 5.92 Å². The molecule has 0 aliphatic carbocycles. The van der Waals surface area contributed by atoms with Gasteiger partial charge in [-0.25, -0.2) is 8.78 Å². The molecule has 0 aromatic carbocycles. The van der Waals surface area contributed by atoms with Crippen LogP contribution in [0.25, 0.3) is 0 Å².